The highest BCUT2D eigenvalue weighted by Crippen LogP contribution is 2.22. The Balaban J connectivity index is 4.28. The highest BCUT2D eigenvalue weighted by Gasteiger charge is 2.32. The van der Waals surface area contributed by atoms with E-state index in [0.29, 0.717) is 13.0 Å². The van der Waals surface area contributed by atoms with Crippen LogP contribution in [-0.4, -0.2) is 24.3 Å². The van der Waals surface area contributed by atoms with Gasteiger partial charge < -0.3 is 9.84 Å². The third-order valence-electron chi connectivity index (χ3n) is 1.71. The van der Waals surface area contributed by atoms with Crippen LogP contribution in [0.2, 0.25) is 0 Å². The Morgan fingerprint density at radius 1 is 1.75 bits per heavy atom. The van der Waals surface area contributed by atoms with Crippen molar-refractivity contribution in [3.63, 3.8) is 0 Å². The van der Waals surface area contributed by atoms with Gasteiger partial charge in [-0.2, -0.15) is 0 Å². The van der Waals surface area contributed by atoms with E-state index in [9.17, 15) is 4.79 Å². The van der Waals surface area contributed by atoms with E-state index < -0.39 is 5.41 Å². The summed E-state index contributed by atoms with van der Waals surface area (Å²) >= 11 is 0. The van der Waals surface area contributed by atoms with E-state index in [4.69, 9.17) is 9.84 Å². The molecule has 0 aromatic rings. The highest BCUT2D eigenvalue weighted by atomic mass is 16.5. The molecule has 0 fully saturated rings. The minimum absolute atomic E-state index is 0.210. The lowest BCUT2D eigenvalue weighted by Gasteiger charge is -2.22. The van der Waals surface area contributed by atoms with Crippen LogP contribution in [0.3, 0.4) is 0 Å². The Labute approximate surface area is 73.0 Å². The number of ether oxygens (including phenoxy) is 1. The molecule has 12 heavy (non-hydrogen) atoms. The monoisotopic (exact) mass is 172 g/mol. The number of aliphatic hydroxyl groups is 1. The molecule has 70 valence electrons. The number of allylic oxidation sites excluding steroid dienone is 1. The molecule has 3 heteroatoms. The molecule has 0 aromatic heterocycles. The molecule has 0 bridgehead atoms. The summed E-state index contributed by atoms with van der Waals surface area (Å²) in [6.07, 6.45) is 2.04. The largest absolute Gasteiger partial charge is 0.465 e. The molecule has 0 saturated heterocycles. The molecule has 1 N–H and O–H groups in total. The topological polar surface area (TPSA) is 46.5 Å². The molecule has 0 spiro atoms. The summed E-state index contributed by atoms with van der Waals surface area (Å²) in [4.78, 5) is 11.3. The van der Waals surface area contributed by atoms with Crippen molar-refractivity contribution in [1.29, 1.82) is 0 Å². The molecule has 0 aromatic carbocycles. The molecule has 0 aliphatic rings. The van der Waals surface area contributed by atoms with Crippen molar-refractivity contribution in [3.05, 3.63) is 12.7 Å². The standard InChI is InChI=1S/C9H16O3/c1-4-6-9(3,7-10)8(11)12-5-2/h4,10H,1,5-7H2,2-3H3/t9-/m0/s1. The van der Waals surface area contributed by atoms with Crippen molar-refractivity contribution in [3.8, 4) is 0 Å². The molecule has 0 rings (SSSR count). The lowest BCUT2D eigenvalue weighted by atomic mass is 9.88. The van der Waals surface area contributed by atoms with E-state index in [0.717, 1.165) is 0 Å². The van der Waals surface area contributed by atoms with Gasteiger partial charge in [0.1, 0.15) is 0 Å². The van der Waals surface area contributed by atoms with Crippen LogP contribution in [0.25, 0.3) is 0 Å². The predicted octanol–water partition coefficient (Wildman–Crippen LogP) is 1.12. The quantitative estimate of drug-likeness (QED) is 0.499. The summed E-state index contributed by atoms with van der Waals surface area (Å²) in [5.41, 5.74) is -0.822. The fourth-order valence-electron chi connectivity index (χ4n) is 0.836. The normalized spacial score (nSPS) is 14.9. The SMILES string of the molecule is C=CC[C@@](C)(CO)C(=O)OCC. The van der Waals surface area contributed by atoms with E-state index in [-0.39, 0.29) is 12.6 Å². The highest BCUT2D eigenvalue weighted by molar-refractivity contribution is 5.76. The fourth-order valence-corrected chi connectivity index (χ4v) is 0.836. The molecule has 3 nitrogen and oxygen atoms in total. The lowest BCUT2D eigenvalue weighted by Crippen LogP contribution is -2.33. The maximum atomic E-state index is 11.3. The molecule has 1 atom stereocenters. The van der Waals surface area contributed by atoms with Gasteiger partial charge in [-0.05, 0) is 20.3 Å². The van der Waals surface area contributed by atoms with Crippen LogP contribution in [0, 0.1) is 5.41 Å². The zero-order chi connectivity index (χ0) is 9.61. The minimum Gasteiger partial charge on any atom is -0.465 e. The zero-order valence-electron chi connectivity index (χ0n) is 7.67. The first-order valence-electron chi connectivity index (χ1n) is 3.99. The van der Waals surface area contributed by atoms with Crippen molar-refractivity contribution < 1.29 is 14.6 Å². The summed E-state index contributed by atoms with van der Waals surface area (Å²) in [7, 11) is 0. The first-order valence-corrected chi connectivity index (χ1v) is 3.99. The van der Waals surface area contributed by atoms with Gasteiger partial charge in [0, 0.05) is 0 Å². The van der Waals surface area contributed by atoms with Crippen LogP contribution in [0.5, 0.6) is 0 Å². The van der Waals surface area contributed by atoms with E-state index >= 15 is 0 Å². The minimum atomic E-state index is -0.822. The maximum absolute atomic E-state index is 11.3. The van der Waals surface area contributed by atoms with E-state index in [2.05, 4.69) is 6.58 Å². The van der Waals surface area contributed by atoms with Crippen molar-refractivity contribution >= 4 is 5.97 Å². The molecule has 0 saturated carbocycles. The van der Waals surface area contributed by atoms with Gasteiger partial charge in [0.25, 0.3) is 0 Å². The second-order valence-corrected chi connectivity index (χ2v) is 2.93. The Kier molecular flexibility index (Phi) is 4.59. The van der Waals surface area contributed by atoms with Crippen LogP contribution < -0.4 is 0 Å². The zero-order valence-corrected chi connectivity index (χ0v) is 7.67. The summed E-state index contributed by atoms with van der Waals surface area (Å²) in [6.45, 7) is 7.04. The predicted molar refractivity (Wildman–Crippen MR) is 46.6 cm³/mol. The van der Waals surface area contributed by atoms with Crippen molar-refractivity contribution in [1.82, 2.24) is 0 Å². The molecular formula is C9H16O3. The Bertz CT molecular complexity index is 165. The van der Waals surface area contributed by atoms with Crippen molar-refractivity contribution in [2.45, 2.75) is 20.3 Å². The van der Waals surface area contributed by atoms with Crippen LogP contribution in [0.1, 0.15) is 20.3 Å². The second-order valence-electron chi connectivity index (χ2n) is 2.93. The number of carbonyl (C=O) groups excluding carboxylic acids is 1. The number of hydrogen-bond acceptors (Lipinski definition) is 3. The molecule has 0 unspecified atom stereocenters. The van der Waals surface area contributed by atoms with Crippen LogP contribution in [-0.2, 0) is 9.53 Å². The van der Waals surface area contributed by atoms with Crippen LogP contribution >= 0.6 is 0 Å². The number of carbonyl (C=O) groups is 1. The number of esters is 1. The van der Waals surface area contributed by atoms with Crippen LogP contribution in [0.4, 0.5) is 0 Å². The Morgan fingerprint density at radius 3 is 2.67 bits per heavy atom. The Hall–Kier alpha value is -0.830. The molecule has 0 aliphatic carbocycles. The number of rotatable bonds is 5. The molecular weight excluding hydrogens is 156 g/mol. The van der Waals surface area contributed by atoms with Gasteiger partial charge >= 0.3 is 5.97 Å². The van der Waals surface area contributed by atoms with Crippen molar-refractivity contribution in [2.24, 2.45) is 5.41 Å². The summed E-state index contributed by atoms with van der Waals surface area (Å²) in [5, 5.41) is 8.96. The summed E-state index contributed by atoms with van der Waals surface area (Å²) in [5.74, 6) is -0.368. The van der Waals surface area contributed by atoms with E-state index in [1.165, 1.54) is 0 Å². The second kappa shape index (κ2) is 4.93. The average molecular weight is 172 g/mol. The average Bonchev–Trinajstić information content (AvgIpc) is 2.05. The lowest BCUT2D eigenvalue weighted by molar-refractivity contribution is -0.156. The number of aliphatic hydroxyl groups excluding tert-OH is 1. The number of hydrogen-bond donors (Lipinski definition) is 1. The maximum Gasteiger partial charge on any atom is 0.314 e. The van der Waals surface area contributed by atoms with Crippen molar-refractivity contribution in [2.75, 3.05) is 13.2 Å². The first kappa shape index (κ1) is 11.2. The molecule has 0 radical (unpaired) electrons. The van der Waals surface area contributed by atoms with Gasteiger partial charge in [0.2, 0.25) is 0 Å². The van der Waals surface area contributed by atoms with Crippen LogP contribution in [0.15, 0.2) is 12.7 Å². The molecule has 0 heterocycles. The first-order chi connectivity index (χ1) is 5.60. The third-order valence-corrected chi connectivity index (χ3v) is 1.71. The van der Waals surface area contributed by atoms with E-state index in [1.54, 1.807) is 19.9 Å². The summed E-state index contributed by atoms with van der Waals surface area (Å²) < 4.78 is 4.80. The summed E-state index contributed by atoms with van der Waals surface area (Å²) in [6, 6.07) is 0. The Morgan fingerprint density at radius 2 is 2.33 bits per heavy atom. The van der Waals surface area contributed by atoms with E-state index in [1.807, 2.05) is 0 Å². The van der Waals surface area contributed by atoms with Gasteiger partial charge in [0.05, 0.1) is 18.6 Å². The fraction of sp³-hybridized carbons (Fsp3) is 0.667. The molecule has 0 aliphatic heterocycles. The van der Waals surface area contributed by atoms with Gasteiger partial charge in [-0.25, -0.2) is 0 Å². The smallest absolute Gasteiger partial charge is 0.314 e. The molecule has 0 amide bonds. The van der Waals surface area contributed by atoms with Gasteiger partial charge in [-0.1, -0.05) is 6.08 Å². The van der Waals surface area contributed by atoms with Gasteiger partial charge in [0.15, 0.2) is 0 Å². The van der Waals surface area contributed by atoms with Gasteiger partial charge in [-0.15, -0.1) is 6.58 Å². The third kappa shape index (κ3) is 2.66. The van der Waals surface area contributed by atoms with Gasteiger partial charge in [-0.3, -0.25) is 4.79 Å².